The molecule has 2 aromatic heterocycles. The predicted molar refractivity (Wildman–Crippen MR) is 96.2 cm³/mol. The number of halogens is 2. The summed E-state index contributed by atoms with van der Waals surface area (Å²) in [6.07, 6.45) is 4.36. The van der Waals surface area contributed by atoms with Gasteiger partial charge in [0.05, 0.1) is 30.9 Å². The molecule has 2 atom stereocenters. The average molecular weight is 391 g/mol. The Labute approximate surface area is 159 Å². The largest absolute Gasteiger partial charge is 0.431 e. The predicted octanol–water partition coefficient (Wildman–Crippen LogP) is 1.83. The molecule has 8 nitrogen and oxygen atoms in total. The van der Waals surface area contributed by atoms with Crippen LogP contribution in [-0.4, -0.2) is 53.1 Å². The Bertz CT molecular complexity index is 874. The van der Waals surface area contributed by atoms with E-state index < -0.39 is 6.61 Å². The number of nitrogens with two attached hydrogens (primary N) is 1. The van der Waals surface area contributed by atoms with Crippen LogP contribution in [-0.2, 0) is 16.0 Å². The van der Waals surface area contributed by atoms with E-state index in [4.69, 9.17) is 10.5 Å². The molecule has 0 amide bonds. The van der Waals surface area contributed by atoms with Gasteiger partial charge >= 0.3 is 6.61 Å². The van der Waals surface area contributed by atoms with Crippen LogP contribution in [0, 0.1) is 0 Å². The first-order valence-corrected chi connectivity index (χ1v) is 8.94. The third kappa shape index (κ3) is 3.72. The van der Waals surface area contributed by atoms with E-state index in [1.165, 1.54) is 12.3 Å². The summed E-state index contributed by atoms with van der Waals surface area (Å²) in [5.41, 5.74) is 6.51. The number of alkyl halides is 2. The first kappa shape index (κ1) is 18.5. The van der Waals surface area contributed by atoms with Gasteiger partial charge in [-0.15, -0.1) is 0 Å². The lowest BCUT2D eigenvalue weighted by Gasteiger charge is -2.45. The van der Waals surface area contributed by atoms with Crippen LogP contribution in [0.3, 0.4) is 0 Å². The van der Waals surface area contributed by atoms with Gasteiger partial charge < -0.3 is 24.9 Å². The zero-order valence-electron chi connectivity index (χ0n) is 14.9. The Hall–Kier alpha value is -2.88. The van der Waals surface area contributed by atoms with Crippen molar-refractivity contribution >= 4 is 17.9 Å². The molecule has 0 unspecified atom stereocenters. The number of anilines is 2. The Morgan fingerprint density at radius 3 is 2.86 bits per heavy atom. The third-order valence-corrected chi connectivity index (χ3v) is 4.90. The topological polar surface area (TPSA) is 103 Å². The number of piperidine rings is 1. The number of carbonyl (C=O) groups excluding carboxylic acids is 1. The van der Waals surface area contributed by atoms with Gasteiger partial charge in [0, 0.05) is 24.4 Å². The van der Waals surface area contributed by atoms with Crippen LogP contribution in [0.2, 0.25) is 0 Å². The molecule has 0 aromatic carbocycles. The van der Waals surface area contributed by atoms with Gasteiger partial charge in [-0.05, 0) is 18.9 Å². The maximum atomic E-state index is 12.6. The molecule has 3 saturated heterocycles. The Kier molecular flexibility index (Phi) is 5.03. The molecule has 10 heteroatoms. The van der Waals surface area contributed by atoms with E-state index in [1.54, 1.807) is 6.07 Å². The van der Waals surface area contributed by atoms with E-state index in [-0.39, 0.29) is 30.1 Å². The van der Waals surface area contributed by atoms with Crippen molar-refractivity contribution in [1.82, 2.24) is 15.0 Å². The number of nitrogens with zero attached hydrogens (tertiary/aromatic N) is 4. The highest BCUT2D eigenvalue weighted by Crippen LogP contribution is 2.33. The van der Waals surface area contributed by atoms with E-state index in [2.05, 4.69) is 24.6 Å². The molecule has 3 aliphatic heterocycles. The molecule has 5 rings (SSSR count). The maximum absolute atomic E-state index is 12.6. The van der Waals surface area contributed by atoms with E-state index in [9.17, 15) is 13.6 Å². The fourth-order valence-electron chi connectivity index (χ4n) is 3.56. The van der Waals surface area contributed by atoms with Gasteiger partial charge in [0.15, 0.2) is 11.6 Å². The zero-order chi connectivity index (χ0) is 19.7. The normalized spacial score (nSPS) is 21.2. The third-order valence-electron chi connectivity index (χ3n) is 4.90. The van der Waals surface area contributed by atoms with Crippen LogP contribution < -0.4 is 15.4 Å². The summed E-state index contributed by atoms with van der Waals surface area (Å²) in [4.78, 5) is 26.0. The van der Waals surface area contributed by atoms with Crippen LogP contribution in [0.15, 0.2) is 18.3 Å². The summed E-state index contributed by atoms with van der Waals surface area (Å²) >= 11 is 0. The van der Waals surface area contributed by atoms with E-state index in [0.29, 0.717) is 36.1 Å². The second-order valence-electron chi connectivity index (χ2n) is 6.72. The van der Waals surface area contributed by atoms with Crippen molar-refractivity contribution in [2.45, 2.75) is 38.0 Å². The molecule has 0 radical (unpaired) electrons. The average Bonchev–Trinajstić information content (AvgIpc) is 2.70. The molecular formula is C18H19F2N5O3. The lowest BCUT2D eigenvalue weighted by molar-refractivity contribution is -0.107. The molecular weight excluding hydrogens is 372 g/mol. The number of ether oxygens (including phenoxy) is 2. The van der Waals surface area contributed by atoms with Crippen LogP contribution in [0.25, 0.3) is 11.3 Å². The minimum absolute atomic E-state index is 0.0437. The van der Waals surface area contributed by atoms with Gasteiger partial charge in [0.1, 0.15) is 17.9 Å². The van der Waals surface area contributed by atoms with Gasteiger partial charge in [-0.3, -0.25) is 0 Å². The number of hydrogen-bond donors (Lipinski definition) is 1. The maximum Gasteiger partial charge on any atom is 0.387 e. The molecule has 3 fully saturated rings. The number of hydrogen-bond acceptors (Lipinski definition) is 8. The number of nitrogen functional groups attached to an aromatic ring is 1. The van der Waals surface area contributed by atoms with Gasteiger partial charge in [0.25, 0.3) is 0 Å². The Morgan fingerprint density at radius 1 is 1.36 bits per heavy atom. The summed E-state index contributed by atoms with van der Waals surface area (Å²) in [5, 5.41) is 0. The number of morpholine rings is 1. The lowest BCUT2D eigenvalue weighted by Crippen LogP contribution is -2.54. The highest BCUT2D eigenvalue weighted by atomic mass is 19.3. The molecule has 0 saturated carbocycles. The van der Waals surface area contributed by atoms with Crippen LogP contribution in [0.4, 0.5) is 20.4 Å². The molecule has 5 heterocycles. The second-order valence-corrected chi connectivity index (χ2v) is 6.72. The Balaban J connectivity index is 1.72. The van der Waals surface area contributed by atoms with Crippen molar-refractivity contribution in [3.63, 3.8) is 0 Å². The number of rotatable bonds is 6. The Morgan fingerprint density at radius 2 is 2.21 bits per heavy atom. The van der Waals surface area contributed by atoms with Crippen molar-refractivity contribution in [2.75, 3.05) is 23.8 Å². The molecule has 2 bridgehead atoms. The summed E-state index contributed by atoms with van der Waals surface area (Å²) in [6, 6.07) is 3.32. The van der Waals surface area contributed by atoms with Crippen molar-refractivity contribution < 1.29 is 23.0 Å². The van der Waals surface area contributed by atoms with E-state index >= 15 is 0 Å². The molecule has 2 N–H and O–H groups in total. The summed E-state index contributed by atoms with van der Waals surface area (Å²) < 4.78 is 35.4. The molecule has 148 valence electrons. The first-order valence-electron chi connectivity index (χ1n) is 8.94. The molecule has 2 aromatic rings. The smallest absolute Gasteiger partial charge is 0.387 e. The van der Waals surface area contributed by atoms with E-state index in [1.807, 2.05) is 0 Å². The zero-order valence-corrected chi connectivity index (χ0v) is 14.9. The number of pyridine rings is 1. The molecule has 28 heavy (non-hydrogen) atoms. The van der Waals surface area contributed by atoms with Crippen molar-refractivity contribution in [2.24, 2.45) is 0 Å². The van der Waals surface area contributed by atoms with Gasteiger partial charge in [-0.1, -0.05) is 0 Å². The molecule has 3 aliphatic rings. The van der Waals surface area contributed by atoms with Crippen LogP contribution in [0.5, 0.6) is 5.75 Å². The number of aldehydes is 1. The quantitative estimate of drug-likeness (QED) is 0.744. The fraction of sp³-hybridized carbons (Fsp3) is 0.444. The van der Waals surface area contributed by atoms with Gasteiger partial charge in [-0.2, -0.15) is 8.78 Å². The molecule has 0 spiro atoms. The number of aromatic nitrogens is 3. The van der Waals surface area contributed by atoms with Gasteiger partial charge in [0.2, 0.25) is 0 Å². The number of fused-ring (bicyclic) bond motifs is 3. The van der Waals surface area contributed by atoms with Gasteiger partial charge in [-0.25, -0.2) is 15.0 Å². The van der Waals surface area contributed by atoms with Crippen LogP contribution >= 0.6 is 0 Å². The standard InChI is InChI=1S/C18H19F2N5O3/c19-18(20)28-14-5-10(7-22-17(14)21)13-6-16(24-15(23-13)3-4-26)25-8-12-2-1-11(25)9-27-12/h4-7,11-12,18H,1-3,8-9H2,(H2,21,22)/t11-,12-/m0/s1. The highest BCUT2D eigenvalue weighted by Gasteiger charge is 2.35. The summed E-state index contributed by atoms with van der Waals surface area (Å²) in [5.74, 6) is 0.651. The molecule has 0 aliphatic carbocycles. The summed E-state index contributed by atoms with van der Waals surface area (Å²) in [6.45, 7) is -1.68. The van der Waals surface area contributed by atoms with Crippen molar-refractivity contribution in [1.29, 1.82) is 0 Å². The minimum atomic E-state index is -3.02. The SMILES string of the molecule is Nc1ncc(-c2cc(N3C[C@@H]4CC[C@H]3CO4)nc(CC=O)n2)cc1OC(F)F. The fourth-order valence-corrected chi connectivity index (χ4v) is 3.56. The van der Waals surface area contributed by atoms with Crippen molar-refractivity contribution in [3.05, 3.63) is 24.2 Å². The highest BCUT2D eigenvalue weighted by molar-refractivity contribution is 5.67. The second kappa shape index (κ2) is 7.63. The van der Waals surface area contributed by atoms with Crippen molar-refractivity contribution in [3.8, 4) is 17.0 Å². The van der Waals surface area contributed by atoms with E-state index in [0.717, 1.165) is 19.1 Å². The minimum Gasteiger partial charge on any atom is -0.431 e. The summed E-state index contributed by atoms with van der Waals surface area (Å²) in [7, 11) is 0. The van der Waals surface area contributed by atoms with Crippen LogP contribution in [0.1, 0.15) is 18.7 Å². The lowest BCUT2D eigenvalue weighted by atomic mass is 9.97. The number of carbonyl (C=O) groups is 1. The first-order chi connectivity index (χ1) is 13.5. The monoisotopic (exact) mass is 391 g/mol.